The Hall–Kier alpha value is -2.82. The Balaban J connectivity index is 1.63. The van der Waals surface area contributed by atoms with Gasteiger partial charge in [0.05, 0.1) is 6.10 Å². The summed E-state index contributed by atoms with van der Waals surface area (Å²) < 4.78 is 0. The zero-order valence-corrected chi connectivity index (χ0v) is 13.4. The van der Waals surface area contributed by atoms with Crippen molar-refractivity contribution in [3.05, 3.63) is 95.6 Å². The molecule has 1 N–H and O–H groups in total. The first-order chi connectivity index (χ1) is 11.7. The molecule has 1 nitrogen and oxygen atoms in total. The highest BCUT2D eigenvalue weighted by Gasteiger charge is 2.31. The SMILES string of the molecule is C=C(C#Cc1cccc2ccccc12)[C@H]1Cc2ccccc2[C@H]1O. The van der Waals surface area contributed by atoms with E-state index < -0.39 is 6.10 Å². The number of benzene rings is 3. The average molecular weight is 310 g/mol. The summed E-state index contributed by atoms with van der Waals surface area (Å²) in [7, 11) is 0. The Morgan fingerprint density at radius 2 is 1.71 bits per heavy atom. The molecule has 1 aliphatic rings. The minimum absolute atomic E-state index is 0.0233. The van der Waals surface area contributed by atoms with E-state index in [9.17, 15) is 5.11 Å². The fourth-order valence-electron chi connectivity index (χ4n) is 3.46. The van der Waals surface area contributed by atoms with Crippen LogP contribution in [0, 0.1) is 17.8 Å². The van der Waals surface area contributed by atoms with Gasteiger partial charge < -0.3 is 5.11 Å². The largest absolute Gasteiger partial charge is 0.388 e. The van der Waals surface area contributed by atoms with E-state index in [0.29, 0.717) is 0 Å². The predicted octanol–water partition coefficient (Wildman–Crippen LogP) is 4.65. The Bertz CT molecular complexity index is 982. The van der Waals surface area contributed by atoms with Crippen LogP contribution >= 0.6 is 0 Å². The number of hydrogen-bond acceptors (Lipinski definition) is 1. The van der Waals surface area contributed by atoms with Crippen LogP contribution in [-0.4, -0.2) is 5.11 Å². The lowest BCUT2D eigenvalue weighted by Crippen LogP contribution is -2.08. The highest BCUT2D eigenvalue weighted by atomic mass is 16.3. The van der Waals surface area contributed by atoms with Crippen molar-refractivity contribution >= 4 is 10.8 Å². The molecule has 3 aromatic carbocycles. The molecular formula is C23H18O. The zero-order valence-electron chi connectivity index (χ0n) is 13.4. The molecule has 0 heterocycles. The summed E-state index contributed by atoms with van der Waals surface area (Å²) in [5.74, 6) is 6.42. The third-order valence-corrected chi connectivity index (χ3v) is 4.79. The van der Waals surface area contributed by atoms with Gasteiger partial charge in [-0.15, -0.1) is 0 Å². The van der Waals surface area contributed by atoms with Gasteiger partial charge in [-0.2, -0.15) is 0 Å². The third-order valence-electron chi connectivity index (χ3n) is 4.79. The molecule has 0 unspecified atom stereocenters. The first kappa shape index (κ1) is 14.8. The Labute approximate surface area is 142 Å². The summed E-state index contributed by atoms with van der Waals surface area (Å²) in [5, 5.41) is 12.9. The first-order valence-electron chi connectivity index (χ1n) is 8.18. The summed E-state index contributed by atoms with van der Waals surface area (Å²) in [6, 6.07) is 22.4. The molecule has 24 heavy (non-hydrogen) atoms. The molecule has 0 spiro atoms. The van der Waals surface area contributed by atoms with Crippen LogP contribution in [0.4, 0.5) is 0 Å². The van der Waals surface area contributed by atoms with Crippen LogP contribution in [0.5, 0.6) is 0 Å². The van der Waals surface area contributed by atoms with Gasteiger partial charge in [0.1, 0.15) is 0 Å². The molecule has 4 rings (SSSR count). The quantitative estimate of drug-likeness (QED) is 0.649. The van der Waals surface area contributed by atoms with Crippen LogP contribution in [0.25, 0.3) is 10.8 Å². The summed E-state index contributed by atoms with van der Waals surface area (Å²) in [4.78, 5) is 0. The van der Waals surface area contributed by atoms with Crippen LogP contribution in [0.15, 0.2) is 78.9 Å². The maximum Gasteiger partial charge on any atom is 0.0870 e. The van der Waals surface area contributed by atoms with Gasteiger partial charge in [0.25, 0.3) is 0 Å². The van der Waals surface area contributed by atoms with Crippen molar-refractivity contribution < 1.29 is 5.11 Å². The molecule has 0 saturated heterocycles. The van der Waals surface area contributed by atoms with E-state index in [4.69, 9.17) is 0 Å². The summed E-state index contributed by atoms with van der Waals surface area (Å²) >= 11 is 0. The molecule has 0 aromatic heterocycles. The van der Waals surface area contributed by atoms with Gasteiger partial charge in [-0.3, -0.25) is 0 Å². The highest BCUT2D eigenvalue weighted by Crippen LogP contribution is 2.39. The van der Waals surface area contributed by atoms with Crippen LogP contribution in [0.3, 0.4) is 0 Å². The van der Waals surface area contributed by atoms with Crippen LogP contribution < -0.4 is 0 Å². The van der Waals surface area contributed by atoms with E-state index in [1.807, 2.05) is 42.5 Å². The van der Waals surface area contributed by atoms with Gasteiger partial charge in [0.2, 0.25) is 0 Å². The number of fused-ring (bicyclic) bond motifs is 2. The van der Waals surface area contributed by atoms with Gasteiger partial charge in [-0.1, -0.05) is 79.1 Å². The second kappa shape index (κ2) is 6.00. The maximum atomic E-state index is 10.6. The Morgan fingerprint density at radius 1 is 0.958 bits per heavy atom. The van der Waals surface area contributed by atoms with Gasteiger partial charge in [0.15, 0.2) is 0 Å². The molecule has 0 aliphatic heterocycles. The lowest BCUT2D eigenvalue weighted by atomic mass is 9.95. The lowest BCUT2D eigenvalue weighted by Gasteiger charge is -2.13. The second-order valence-corrected chi connectivity index (χ2v) is 6.26. The Morgan fingerprint density at radius 3 is 2.58 bits per heavy atom. The molecule has 0 amide bonds. The topological polar surface area (TPSA) is 20.2 Å². The van der Waals surface area contributed by atoms with Crippen molar-refractivity contribution in [2.24, 2.45) is 5.92 Å². The van der Waals surface area contributed by atoms with Crippen molar-refractivity contribution in [3.8, 4) is 11.8 Å². The monoisotopic (exact) mass is 310 g/mol. The predicted molar refractivity (Wildman–Crippen MR) is 98.6 cm³/mol. The summed E-state index contributed by atoms with van der Waals surface area (Å²) in [5.41, 5.74) is 4.00. The summed E-state index contributed by atoms with van der Waals surface area (Å²) in [6.45, 7) is 4.13. The molecule has 0 saturated carbocycles. The molecule has 0 bridgehead atoms. The smallest absolute Gasteiger partial charge is 0.0870 e. The van der Waals surface area contributed by atoms with Gasteiger partial charge in [0, 0.05) is 17.1 Å². The van der Waals surface area contributed by atoms with E-state index in [0.717, 1.165) is 28.5 Å². The van der Waals surface area contributed by atoms with Crippen LogP contribution in [-0.2, 0) is 6.42 Å². The van der Waals surface area contributed by atoms with Gasteiger partial charge in [-0.05, 0) is 34.4 Å². The van der Waals surface area contributed by atoms with E-state index in [1.54, 1.807) is 0 Å². The standard InChI is InChI=1S/C23H18O/c1-16(22-15-19-8-3-5-12-21(19)23(22)24)13-14-18-10-6-9-17-7-2-4-11-20(17)18/h2-12,22-24H,1,15H2/t22-,23-/m1/s1. The van der Waals surface area contributed by atoms with Crippen LogP contribution in [0.2, 0.25) is 0 Å². The number of aliphatic hydroxyl groups excluding tert-OH is 1. The lowest BCUT2D eigenvalue weighted by molar-refractivity contribution is 0.143. The number of rotatable bonds is 1. The van der Waals surface area contributed by atoms with Gasteiger partial charge >= 0.3 is 0 Å². The van der Waals surface area contributed by atoms with Crippen LogP contribution in [0.1, 0.15) is 22.8 Å². The second-order valence-electron chi connectivity index (χ2n) is 6.26. The minimum atomic E-state index is -0.504. The molecule has 0 radical (unpaired) electrons. The van der Waals surface area contributed by atoms with E-state index in [-0.39, 0.29) is 5.92 Å². The van der Waals surface area contributed by atoms with E-state index >= 15 is 0 Å². The highest BCUT2D eigenvalue weighted by molar-refractivity contribution is 5.88. The average Bonchev–Trinajstić information content (AvgIpc) is 2.97. The van der Waals surface area contributed by atoms with Crippen molar-refractivity contribution in [1.29, 1.82) is 0 Å². The van der Waals surface area contributed by atoms with Gasteiger partial charge in [-0.25, -0.2) is 0 Å². The number of hydrogen-bond donors (Lipinski definition) is 1. The fraction of sp³-hybridized carbons (Fsp3) is 0.130. The van der Waals surface area contributed by atoms with Crippen molar-refractivity contribution in [2.75, 3.05) is 0 Å². The number of aliphatic hydroxyl groups is 1. The molecular weight excluding hydrogens is 292 g/mol. The van der Waals surface area contributed by atoms with Crippen molar-refractivity contribution in [1.82, 2.24) is 0 Å². The van der Waals surface area contributed by atoms with E-state index in [1.165, 1.54) is 10.9 Å². The maximum absolute atomic E-state index is 10.6. The molecule has 1 aliphatic carbocycles. The minimum Gasteiger partial charge on any atom is -0.388 e. The Kier molecular flexibility index (Phi) is 3.69. The molecule has 0 fully saturated rings. The zero-order chi connectivity index (χ0) is 16.5. The molecule has 2 atom stereocenters. The first-order valence-corrected chi connectivity index (χ1v) is 8.18. The van der Waals surface area contributed by atoms with E-state index in [2.05, 4.69) is 42.7 Å². The molecule has 3 aromatic rings. The van der Waals surface area contributed by atoms with Crippen molar-refractivity contribution in [3.63, 3.8) is 0 Å². The third kappa shape index (κ3) is 2.52. The summed E-state index contributed by atoms with van der Waals surface area (Å²) in [6.07, 6.45) is 0.302. The molecule has 1 heteroatoms. The molecule has 116 valence electrons. The normalized spacial score (nSPS) is 18.7. The fourth-order valence-corrected chi connectivity index (χ4v) is 3.46. The van der Waals surface area contributed by atoms with Crippen molar-refractivity contribution in [2.45, 2.75) is 12.5 Å².